The molecule has 0 atom stereocenters. The molecule has 5 nitrogen and oxygen atoms in total. The summed E-state index contributed by atoms with van der Waals surface area (Å²) in [5.41, 5.74) is 12.2. The molecule has 1 aromatic heterocycles. The zero-order chi connectivity index (χ0) is 8.43. The Morgan fingerprint density at radius 3 is 2.54 bits per heavy atom. The number of amides is 1. The van der Waals surface area contributed by atoms with E-state index in [-0.39, 0.29) is 52.5 Å². The van der Waals surface area contributed by atoms with Crippen molar-refractivity contribution in [3.63, 3.8) is 0 Å². The van der Waals surface area contributed by atoms with Crippen molar-refractivity contribution < 1.29 is 37.5 Å². The van der Waals surface area contributed by atoms with Crippen LogP contribution >= 0.6 is 0 Å². The Morgan fingerprint density at radius 1 is 1.62 bits per heavy atom. The number of aryl methyl sites for hydroxylation is 1. The second kappa shape index (κ2) is 6.05. The van der Waals surface area contributed by atoms with Crippen molar-refractivity contribution in [3.05, 3.63) is 23.3 Å². The van der Waals surface area contributed by atoms with E-state index in [2.05, 4.69) is 9.97 Å². The van der Waals surface area contributed by atoms with Gasteiger partial charge in [-0.1, -0.05) is 0 Å². The molecule has 0 aliphatic rings. The number of hydrogen-bond acceptors (Lipinski definition) is 3. The standard InChI is InChI=1S/C6H8N4O.B.Y/c1-3-9-2-4(6(8)11)5(7)10-3;;/h2H,1H3,(H4,7,8,9,10,11);;/p-1. The Morgan fingerprint density at radius 2 is 2.15 bits per heavy atom. The first kappa shape index (κ1) is 15.0. The summed E-state index contributed by atoms with van der Waals surface area (Å²) >= 11 is 0. The average molecular weight is 251 g/mol. The molecule has 0 spiro atoms. The third-order valence-electron chi connectivity index (χ3n) is 1.17. The molecule has 0 aliphatic carbocycles. The van der Waals surface area contributed by atoms with Gasteiger partial charge in [0.15, 0.2) is 0 Å². The number of carbonyl (C=O) groups is 1. The molecule has 0 aromatic carbocycles. The molecule has 0 saturated carbocycles. The Labute approximate surface area is 103 Å². The summed E-state index contributed by atoms with van der Waals surface area (Å²) in [7, 11) is 0. The number of nitrogens with zero attached hydrogens (tertiary/aromatic N) is 2. The van der Waals surface area contributed by atoms with E-state index in [4.69, 9.17) is 11.5 Å². The largest absolute Gasteiger partial charge is 0.481 e. The van der Waals surface area contributed by atoms with Crippen molar-refractivity contribution in [2.45, 2.75) is 6.92 Å². The van der Waals surface area contributed by atoms with E-state index in [9.17, 15) is 4.79 Å². The molecule has 7 heteroatoms. The van der Waals surface area contributed by atoms with Crippen LogP contribution in [0.3, 0.4) is 0 Å². The first-order valence-electron chi connectivity index (χ1n) is 2.96. The van der Waals surface area contributed by atoms with Gasteiger partial charge in [-0.05, 0) is 12.7 Å². The minimum atomic E-state index is -0.671. The van der Waals surface area contributed by atoms with Crippen LogP contribution in [0, 0.1) is 6.92 Å². The summed E-state index contributed by atoms with van der Waals surface area (Å²) < 4.78 is 0. The topological polar surface area (TPSA) is 92.7 Å². The van der Waals surface area contributed by atoms with Gasteiger partial charge in [0, 0.05) is 53.1 Å². The SMILES string of the molecule is Cc1ncc(C(N)=O)c([NH-])n1.[B].[Y]. The molecule has 3 N–H and O–H groups in total. The number of carbonyl (C=O) groups excluding carboxylic acids is 1. The van der Waals surface area contributed by atoms with Gasteiger partial charge in [-0.15, -0.1) is 0 Å². The second-order valence-electron chi connectivity index (χ2n) is 2.04. The van der Waals surface area contributed by atoms with Crippen LogP contribution in [-0.2, 0) is 32.7 Å². The zero-order valence-electron chi connectivity index (χ0n) is 7.11. The minimum absolute atomic E-state index is 0. The molecule has 1 rings (SSSR count). The maximum Gasteiger partial charge on any atom is 0.250 e. The molecule has 0 saturated heterocycles. The van der Waals surface area contributed by atoms with E-state index in [0.717, 1.165) is 0 Å². The number of primary amides is 1. The summed E-state index contributed by atoms with van der Waals surface area (Å²) in [5.74, 6) is -0.333. The van der Waals surface area contributed by atoms with Gasteiger partial charge >= 0.3 is 0 Å². The summed E-state index contributed by atoms with van der Waals surface area (Å²) in [4.78, 5) is 17.9. The molecule has 1 amide bonds. The first-order valence-corrected chi connectivity index (χ1v) is 2.96. The number of nitrogens with two attached hydrogens (primary N) is 1. The van der Waals surface area contributed by atoms with Gasteiger partial charge < -0.3 is 16.5 Å². The number of hydrogen-bond donors (Lipinski definition) is 1. The molecule has 13 heavy (non-hydrogen) atoms. The van der Waals surface area contributed by atoms with Crippen LogP contribution in [0.15, 0.2) is 6.20 Å². The van der Waals surface area contributed by atoms with Crippen molar-refractivity contribution >= 4 is 20.1 Å². The van der Waals surface area contributed by atoms with Crippen LogP contribution < -0.4 is 5.73 Å². The van der Waals surface area contributed by atoms with Crippen LogP contribution in [-0.4, -0.2) is 24.3 Å². The molecule has 0 fully saturated rings. The van der Waals surface area contributed by atoms with Crippen molar-refractivity contribution in [2.75, 3.05) is 0 Å². The van der Waals surface area contributed by atoms with Crippen LogP contribution in [0.1, 0.15) is 16.2 Å². The number of nitrogens with one attached hydrogen (secondary N) is 1. The zero-order valence-corrected chi connectivity index (χ0v) is 9.95. The Balaban J connectivity index is 0. The van der Waals surface area contributed by atoms with Crippen molar-refractivity contribution in [1.82, 2.24) is 9.97 Å². The third kappa shape index (κ3) is 3.82. The molecular formula is C6H7BN4OY-. The molecule has 0 aliphatic heterocycles. The van der Waals surface area contributed by atoms with Crippen molar-refractivity contribution in [3.8, 4) is 0 Å². The monoisotopic (exact) mass is 251 g/mol. The fourth-order valence-corrected chi connectivity index (χ4v) is 0.650. The maximum atomic E-state index is 10.6. The first-order chi connectivity index (χ1) is 5.11. The van der Waals surface area contributed by atoms with Gasteiger partial charge in [0.25, 0.3) is 0 Å². The summed E-state index contributed by atoms with van der Waals surface area (Å²) in [6.45, 7) is 1.64. The van der Waals surface area contributed by atoms with Gasteiger partial charge in [-0.25, -0.2) is 0 Å². The number of rotatable bonds is 1. The van der Waals surface area contributed by atoms with E-state index in [1.165, 1.54) is 6.20 Å². The van der Waals surface area contributed by atoms with E-state index in [1.807, 2.05) is 0 Å². The second-order valence-corrected chi connectivity index (χ2v) is 2.04. The summed E-state index contributed by atoms with van der Waals surface area (Å²) in [6.07, 6.45) is 1.26. The van der Waals surface area contributed by atoms with Crippen LogP contribution in [0.2, 0.25) is 0 Å². The maximum absolute atomic E-state index is 10.6. The van der Waals surface area contributed by atoms with E-state index >= 15 is 0 Å². The molecule has 4 radical (unpaired) electrons. The smallest absolute Gasteiger partial charge is 0.250 e. The Hall–Kier alpha value is -0.481. The molecule has 64 valence electrons. The van der Waals surface area contributed by atoms with Crippen LogP contribution in [0.4, 0.5) is 5.82 Å². The Kier molecular flexibility index (Phi) is 6.98. The van der Waals surface area contributed by atoms with Gasteiger partial charge in [0.2, 0.25) is 5.91 Å². The summed E-state index contributed by atoms with van der Waals surface area (Å²) in [5, 5.41) is 0. The van der Waals surface area contributed by atoms with Crippen molar-refractivity contribution in [2.24, 2.45) is 5.73 Å². The predicted octanol–water partition coefficient (Wildman–Crippen LogP) is 0.184. The van der Waals surface area contributed by atoms with Crippen LogP contribution in [0.5, 0.6) is 0 Å². The normalized spacial score (nSPS) is 8.08. The third-order valence-corrected chi connectivity index (χ3v) is 1.17. The van der Waals surface area contributed by atoms with Crippen molar-refractivity contribution in [1.29, 1.82) is 0 Å². The van der Waals surface area contributed by atoms with Gasteiger partial charge in [0.05, 0.1) is 5.56 Å². The molecule has 1 aromatic rings. The minimum Gasteiger partial charge on any atom is -0.481 e. The van der Waals surface area contributed by atoms with E-state index in [0.29, 0.717) is 5.82 Å². The molecular weight excluding hydrogens is 244 g/mol. The molecule has 1 heterocycles. The fourth-order valence-electron chi connectivity index (χ4n) is 0.650. The van der Waals surface area contributed by atoms with Crippen LogP contribution in [0.25, 0.3) is 5.73 Å². The number of aromatic nitrogens is 2. The predicted molar refractivity (Wildman–Crippen MR) is 45.0 cm³/mol. The van der Waals surface area contributed by atoms with Gasteiger partial charge in [0.1, 0.15) is 0 Å². The molecule has 0 bridgehead atoms. The quantitative estimate of drug-likeness (QED) is 0.721. The van der Waals surface area contributed by atoms with Gasteiger partial charge in [-0.3, -0.25) is 9.78 Å². The Bertz CT molecular complexity index is 307. The molecule has 0 unspecified atom stereocenters. The van der Waals surface area contributed by atoms with E-state index < -0.39 is 5.91 Å². The summed E-state index contributed by atoms with van der Waals surface area (Å²) in [6, 6.07) is 0. The van der Waals surface area contributed by atoms with E-state index in [1.54, 1.807) is 6.92 Å². The fraction of sp³-hybridized carbons (Fsp3) is 0.167. The van der Waals surface area contributed by atoms with Gasteiger partial charge in [-0.2, -0.15) is 0 Å². The average Bonchev–Trinajstić information content (AvgIpc) is 1.85.